The van der Waals surface area contributed by atoms with Crippen LogP contribution in [0.5, 0.6) is 0 Å². The Labute approximate surface area is 292 Å². The largest absolute Gasteiger partial charge is 0.370 e. The molecule has 0 unspecified atom stereocenters. The number of likely N-dealkylation sites (tertiary alicyclic amines) is 1. The summed E-state index contributed by atoms with van der Waals surface area (Å²) >= 11 is 0. The molecule has 0 bridgehead atoms. The van der Waals surface area contributed by atoms with Gasteiger partial charge in [0.2, 0.25) is 5.91 Å². The number of alkyl halides is 2. The lowest BCUT2D eigenvalue weighted by molar-refractivity contribution is -0.137. The fourth-order valence-electron chi connectivity index (χ4n) is 8.04. The summed E-state index contributed by atoms with van der Waals surface area (Å²) in [6.45, 7) is 8.79. The number of aryl methyl sites for hydroxylation is 1. The first kappa shape index (κ1) is 34.6. The number of amides is 3. The first-order valence-corrected chi connectivity index (χ1v) is 18.1. The number of halogens is 2. The van der Waals surface area contributed by atoms with Gasteiger partial charge in [-0.05, 0) is 54.5 Å². The Morgan fingerprint density at radius 2 is 1.86 bits per heavy atom. The number of hydrazine groups is 1. The van der Waals surface area contributed by atoms with Gasteiger partial charge >= 0.3 is 6.03 Å². The van der Waals surface area contributed by atoms with Crippen LogP contribution in [0, 0.1) is 0 Å². The second-order valence-electron chi connectivity index (χ2n) is 13.9. The summed E-state index contributed by atoms with van der Waals surface area (Å²) in [5, 5.41) is 13.2. The number of hydrogen-bond acceptors (Lipinski definition) is 9. The van der Waals surface area contributed by atoms with Crippen molar-refractivity contribution >= 4 is 29.0 Å². The molecule has 3 N–H and O–H groups in total. The van der Waals surface area contributed by atoms with Gasteiger partial charge in [-0.2, -0.15) is 5.10 Å². The third kappa shape index (κ3) is 7.18. The number of carbonyl (C=O) groups excluding carboxylic acids is 2. The van der Waals surface area contributed by atoms with Crippen molar-refractivity contribution in [3.63, 3.8) is 0 Å². The summed E-state index contributed by atoms with van der Waals surface area (Å²) in [6, 6.07) is 3.54. The summed E-state index contributed by atoms with van der Waals surface area (Å²) in [6.07, 6.45) is 3.05. The predicted molar refractivity (Wildman–Crippen MR) is 186 cm³/mol. The molecule has 6 heterocycles. The Bertz CT molecular complexity index is 1580. The first-order chi connectivity index (χ1) is 24.3. The molecule has 50 heavy (non-hydrogen) atoms. The van der Waals surface area contributed by atoms with Crippen LogP contribution >= 0.6 is 0 Å². The van der Waals surface area contributed by atoms with Crippen LogP contribution in [0.4, 0.5) is 25.1 Å². The number of benzene rings is 1. The van der Waals surface area contributed by atoms with E-state index in [-0.39, 0.29) is 30.2 Å². The highest BCUT2D eigenvalue weighted by Gasteiger charge is 2.35. The van der Waals surface area contributed by atoms with E-state index in [0.717, 1.165) is 92.3 Å². The maximum Gasteiger partial charge on any atom is 0.317 e. The standard InChI is InChI=1S/C35H50F2N10O3/c1-38-35(49)45-13-7-30-29(22-45)34(46-10-3-4-24-18-27(25-20-40-42(2)21-25)28(33(36)37)19-31(24)46)41-47(30)26-5-11-44(12-6-26)32(48)23-50-17-16-43-14-8-39-9-15-43/h18-19,21,26,33,39-40H,3-17,20,22-23H2,1-2H3,(H,38,49). The maximum absolute atomic E-state index is 14.6. The summed E-state index contributed by atoms with van der Waals surface area (Å²) in [7, 11) is 3.50. The van der Waals surface area contributed by atoms with E-state index in [2.05, 4.69) is 30.5 Å². The van der Waals surface area contributed by atoms with Gasteiger partial charge in [-0.25, -0.2) is 19.0 Å². The smallest absolute Gasteiger partial charge is 0.317 e. The molecule has 7 rings (SSSR count). The molecular formula is C35H50F2N10O3. The molecule has 2 saturated heterocycles. The average Bonchev–Trinajstić information content (AvgIpc) is 3.76. The van der Waals surface area contributed by atoms with Gasteiger partial charge in [-0.1, -0.05) is 0 Å². The highest BCUT2D eigenvalue weighted by Crippen LogP contribution is 2.43. The Hall–Kier alpha value is -3.79. The fourth-order valence-corrected chi connectivity index (χ4v) is 8.04. The van der Waals surface area contributed by atoms with E-state index in [1.165, 1.54) is 0 Å². The van der Waals surface area contributed by atoms with Crippen molar-refractivity contribution in [1.82, 2.24) is 45.5 Å². The number of piperidine rings is 1. The molecule has 0 aliphatic carbocycles. The van der Waals surface area contributed by atoms with Gasteiger partial charge in [0, 0.05) is 115 Å². The van der Waals surface area contributed by atoms with E-state index in [0.29, 0.717) is 57.9 Å². The first-order valence-electron chi connectivity index (χ1n) is 18.1. The van der Waals surface area contributed by atoms with Crippen LogP contribution in [0.25, 0.3) is 5.57 Å². The SMILES string of the molecule is CNC(=O)N1CCc2c(c(N3CCCc4cc(C5=CN(C)NC5)c(C(F)F)cc43)nn2C2CCN(C(=O)COCCN3CCNCC3)CC2)C1. The number of fused-ring (bicyclic) bond motifs is 2. The molecular weight excluding hydrogens is 646 g/mol. The lowest BCUT2D eigenvalue weighted by Gasteiger charge is -2.34. The van der Waals surface area contributed by atoms with E-state index < -0.39 is 6.43 Å². The van der Waals surface area contributed by atoms with Crippen molar-refractivity contribution in [3.8, 4) is 0 Å². The second kappa shape index (κ2) is 15.2. The summed E-state index contributed by atoms with van der Waals surface area (Å²) in [5.41, 5.74) is 8.46. The topological polar surface area (TPSA) is 113 Å². The number of nitrogens with one attached hydrogen (secondary N) is 3. The molecule has 5 aliphatic rings. The lowest BCUT2D eigenvalue weighted by atomic mass is 9.92. The van der Waals surface area contributed by atoms with Crippen LogP contribution in [-0.2, 0) is 28.9 Å². The van der Waals surface area contributed by atoms with E-state index in [1.807, 2.05) is 24.2 Å². The third-order valence-corrected chi connectivity index (χ3v) is 10.8. The minimum atomic E-state index is -2.63. The van der Waals surface area contributed by atoms with E-state index in [1.54, 1.807) is 23.0 Å². The summed E-state index contributed by atoms with van der Waals surface area (Å²) in [4.78, 5) is 33.9. The minimum absolute atomic E-state index is 0.0167. The molecule has 272 valence electrons. The van der Waals surface area contributed by atoms with E-state index in [9.17, 15) is 18.4 Å². The van der Waals surface area contributed by atoms with Crippen LogP contribution < -0.4 is 21.0 Å². The Balaban J connectivity index is 1.11. The normalized spacial score (nSPS) is 20.3. The number of carbonyl (C=O) groups is 2. The summed E-state index contributed by atoms with van der Waals surface area (Å²) < 4.78 is 37.2. The van der Waals surface area contributed by atoms with Crippen molar-refractivity contribution in [2.45, 2.75) is 51.1 Å². The van der Waals surface area contributed by atoms with Crippen molar-refractivity contribution < 1.29 is 23.1 Å². The van der Waals surface area contributed by atoms with Crippen LogP contribution in [0.2, 0.25) is 0 Å². The average molecular weight is 697 g/mol. The molecule has 1 aromatic carbocycles. The minimum Gasteiger partial charge on any atom is -0.370 e. The Kier molecular flexibility index (Phi) is 10.5. The zero-order chi connectivity index (χ0) is 34.8. The van der Waals surface area contributed by atoms with Crippen molar-refractivity contribution in [2.75, 3.05) is 97.7 Å². The quantitative estimate of drug-likeness (QED) is 0.341. The van der Waals surface area contributed by atoms with Crippen LogP contribution in [-0.4, -0.2) is 134 Å². The van der Waals surface area contributed by atoms with Crippen LogP contribution in [0.1, 0.15) is 59.7 Å². The zero-order valence-electron chi connectivity index (χ0n) is 29.2. The predicted octanol–water partition coefficient (Wildman–Crippen LogP) is 2.48. The van der Waals surface area contributed by atoms with Gasteiger partial charge in [-0.15, -0.1) is 0 Å². The van der Waals surface area contributed by atoms with Crippen molar-refractivity contribution in [2.24, 2.45) is 0 Å². The molecule has 15 heteroatoms. The number of nitrogens with zero attached hydrogens (tertiary/aromatic N) is 7. The van der Waals surface area contributed by atoms with Crippen molar-refractivity contribution in [3.05, 3.63) is 46.3 Å². The highest BCUT2D eigenvalue weighted by molar-refractivity contribution is 5.79. The molecule has 0 spiro atoms. The molecule has 0 saturated carbocycles. The van der Waals surface area contributed by atoms with Crippen LogP contribution in [0.3, 0.4) is 0 Å². The number of hydrogen-bond donors (Lipinski definition) is 3. The maximum atomic E-state index is 14.6. The Morgan fingerprint density at radius 3 is 2.58 bits per heavy atom. The number of ether oxygens (including phenoxy) is 1. The van der Waals surface area contributed by atoms with Gasteiger partial charge in [0.05, 0.1) is 19.2 Å². The molecule has 0 radical (unpaired) electrons. The van der Waals surface area contributed by atoms with Crippen LogP contribution in [0.15, 0.2) is 18.3 Å². The number of urea groups is 1. The van der Waals surface area contributed by atoms with Gasteiger partial charge in [0.25, 0.3) is 6.43 Å². The molecule has 2 fully saturated rings. The molecule has 1 aromatic heterocycles. The molecule has 3 amide bonds. The number of piperazine rings is 1. The third-order valence-electron chi connectivity index (χ3n) is 10.8. The van der Waals surface area contributed by atoms with E-state index >= 15 is 0 Å². The van der Waals surface area contributed by atoms with Gasteiger partial charge < -0.3 is 35.1 Å². The Morgan fingerprint density at radius 1 is 1.06 bits per heavy atom. The fraction of sp³-hybridized carbons (Fsp3) is 0.629. The van der Waals surface area contributed by atoms with Gasteiger partial charge in [0.1, 0.15) is 6.61 Å². The number of rotatable bonds is 9. The number of anilines is 2. The van der Waals surface area contributed by atoms with Gasteiger partial charge in [-0.3, -0.25) is 14.4 Å². The number of aromatic nitrogens is 2. The zero-order valence-corrected chi connectivity index (χ0v) is 29.2. The second-order valence-corrected chi connectivity index (χ2v) is 13.9. The molecule has 5 aliphatic heterocycles. The lowest BCUT2D eigenvalue weighted by Crippen LogP contribution is -2.45. The highest BCUT2D eigenvalue weighted by atomic mass is 19.3. The molecule has 0 atom stereocenters. The molecule has 13 nitrogen and oxygen atoms in total. The monoisotopic (exact) mass is 696 g/mol. The van der Waals surface area contributed by atoms with Crippen molar-refractivity contribution in [1.29, 1.82) is 0 Å². The molecule has 2 aromatic rings. The van der Waals surface area contributed by atoms with E-state index in [4.69, 9.17) is 9.84 Å². The summed E-state index contributed by atoms with van der Waals surface area (Å²) in [5.74, 6) is 0.753. The van der Waals surface area contributed by atoms with Gasteiger partial charge in [0.15, 0.2) is 5.82 Å².